The van der Waals surface area contributed by atoms with E-state index < -0.39 is 0 Å². The maximum absolute atomic E-state index is 12.6. The molecule has 0 aromatic heterocycles. The van der Waals surface area contributed by atoms with Crippen molar-refractivity contribution in [1.29, 1.82) is 0 Å². The Morgan fingerprint density at radius 3 is 2.88 bits per heavy atom. The highest BCUT2D eigenvalue weighted by Crippen LogP contribution is 2.31. The van der Waals surface area contributed by atoms with Gasteiger partial charge in [-0.1, -0.05) is 6.07 Å². The van der Waals surface area contributed by atoms with E-state index in [0.29, 0.717) is 27.2 Å². The van der Waals surface area contributed by atoms with E-state index in [0.717, 1.165) is 5.56 Å². The Morgan fingerprint density at radius 2 is 2.12 bits per heavy atom. The summed E-state index contributed by atoms with van der Waals surface area (Å²) in [5.74, 6) is 0.810. The third-order valence-corrected chi connectivity index (χ3v) is 4.59. The molecule has 1 aliphatic rings. The van der Waals surface area contributed by atoms with Crippen LogP contribution in [0.15, 0.2) is 40.9 Å². The number of carbonyl (C=O) groups excluding carboxylic acids is 2. The maximum Gasteiger partial charge on any atom is 0.262 e. The van der Waals surface area contributed by atoms with Crippen LogP contribution in [0.1, 0.15) is 28.9 Å². The van der Waals surface area contributed by atoms with E-state index >= 15 is 0 Å². The zero-order chi connectivity index (χ0) is 18.0. The lowest BCUT2D eigenvalue weighted by molar-refractivity contribution is -0.118. The molecule has 1 aliphatic heterocycles. The van der Waals surface area contributed by atoms with Crippen LogP contribution in [0.5, 0.6) is 11.5 Å². The first kappa shape index (κ1) is 17.3. The van der Waals surface area contributed by atoms with Gasteiger partial charge in [0.05, 0.1) is 24.4 Å². The molecule has 0 aliphatic carbocycles. The molecule has 2 aromatic rings. The largest absolute Gasteiger partial charge is 0.497 e. The first-order chi connectivity index (χ1) is 12.0. The number of hydrogen-bond donors (Lipinski definition) is 2. The van der Waals surface area contributed by atoms with Gasteiger partial charge < -0.3 is 20.1 Å². The van der Waals surface area contributed by atoms with Gasteiger partial charge in [0.15, 0.2) is 6.61 Å². The Bertz CT molecular complexity index is 838. The van der Waals surface area contributed by atoms with Crippen molar-refractivity contribution < 1.29 is 19.1 Å². The van der Waals surface area contributed by atoms with Crippen molar-refractivity contribution in [1.82, 2.24) is 5.32 Å². The van der Waals surface area contributed by atoms with Crippen LogP contribution < -0.4 is 20.1 Å². The fourth-order valence-electron chi connectivity index (χ4n) is 2.53. The molecular formula is C18H17BrN2O4. The van der Waals surface area contributed by atoms with Crippen LogP contribution in [-0.4, -0.2) is 25.5 Å². The minimum absolute atomic E-state index is 0.0164. The molecule has 0 spiro atoms. The summed E-state index contributed by atoms with van der Waals surface area (Å²) in [7, 11) is 1.55. The predicted octanol–water partition coefficient (Wildman–Crippen LogP) is 3.28. The third-order valence-electron chi connectivity index (χ3n) is 3.90. The van der Waals surface area contributed by atoms with Crippen LogP contribution in [0, 0.1) is 0 Å². The Labute approximate surface area is 153 Å². The van der Waals surface area contributed by atoms with E-state index in [4.69, 9.17) is 9.47 Å². The third kappa shape index (κ3) is 3.76. The number of hydrogen-bond acceptors (Lipinski definition) is 4. The summed E-state index contributed by atoms with van der Waals surface area (Å²) in [6.45, 7) is 1.89. The summed E-state index contributed by atoms with van der Waals surface area (Å²) in [5.41, 5.74) is 1.95. The van der Waals surface area contributed by atoms with Gasteiger partial charge in [-0.05, 0) is 58.7 Å². The van der Waals surface area contributed by atoms with Gasteiger partial charge >= 0.3 is 0 Å². The Kier molecular flexibility index (Phi) is 4.94. The minimum atomic E-state index is -0.255. The first-order valence-electron chi connectivity index (χ1n) is 7.69. The van der Waals surface area contributed by atoms with E-state index in [1.165, 1.54) is 0 Å². The van der Waals surface area contributed by atoms with Crippen LogP contribution >= 0.6 is 15.9 Å². The lowest BCUT2D eigenvalue weighted by Gasteiger charge is -2.21. The van der Waals surface area contributed by atoms with Gasteiger partial charge in [-0.3, -0.25) is 9.59 Å². The molecule has 0 radical (unpaired) electrons. The van der Waals surface area contributed by atoms with Gasteiger partial charge in [0.25, 0.3) is 11.8 Å². The summed E-state index contributed by atoms with van der Waals surface area (Å²) in [6.07, 6.45) is 0. The SMILES string of the molecule is COc1ccc(Br)c(C(=O)NC(C)c2ccc3c(c2)NC(=O)CO3)c1. The molecule has 2 aromatic carbocycles. The summed E-state index contributed by atoms with van der Waals surface area (Å²) >= 11 is 3.38. The number of carbonyl (C=O) groups is 2. The number of nitrogens with one attached hydrogen (secondary N) is 2. The molecule has 3 rings (SSSR count). The summed E-state index contributed by atoms with van der Waals surface area (Å²) in [6, 6.07) is 10.4. The highest BCUT2D eigenvalue weighted by molar-refractivity contribution is 9.10. The van der Waals surface area contributed by atoms with Crippen molar-refractivity contribution in [2.75, 3.05) is 19.0 Å². The molecule has 1 heterocycles. The van der Waals surface area contributed by atoms with Crippen molar-refractivity contribution in [3.05, 3.63) is 52.0 Å². The molecule has 7 heteroatoms. The molecule has 0 saturated carbocycles. The fourth-order valence-corrected chi connectivity index (χ4v) is 2.96. The second-order valence-electron chi connectivity index (χ2n) is 5.63. The smallest absolute Gasteiger partial charge is 0.262 e. The van der Waals surface area contributed by atoms with Crippen LogP contribution in [-0.2, 0) is 4.79 Å². The Morgan fingerprint density at radius 1 is 1.32 bits per heavy atom. The molecule has 1 unspecified atom stereocenters. The first-order valence-corrected chi connectivity index (χ1v) is 8.48. The number of amides is 2. The summed E-state index contributed by atoms with van der Waals surface area (Å²) in [4.78, 5) is 24.0. The number of benzene rings is 2. The van der Waals surface area contributed by atoms with Gasteiger partial charge in [0.1, 0.15) is 11.5 Å². The van der Waals surface area contributed by atoms with Crippen molar-refractivity contribution in [3.63, 3.8) is 0 Å². The number of fused-ring (bicyclic) bond motifs is 1. The van der Waals surface area contributed by atoms with E-state index in [-0.39, 0.29) is 24.5 Å². The molecule has 2 amide bonds. The van der Waals surface area contributed by atoms with E-state index in [1.807, 2.05) is 13.0 Å². The second-order valence-corrected chi connectivity index (χ2v) is 6.49. The molecule has 6 nitrogen and oxygen atoms in total. The number of anilines is 1. The molecule has 0 fully saturated rings. The van der Waals surface area contributed by atoms with Gasteiger partial charge in [-0.15, -0.1) is 0 Å². The zero-order valence-electron chi connectivity index (χ0n) is 13.8. The standard InChI is InChI=1S/C18H17BrN2O4/c1-10(11-3-6-16-15(7-11)21-17(22)9-25-16)20-18(23)13-8-12(24-2)4-5-14(13)19/h3-8,10H,9H2,1-2H3,(H,20,23)(H,21,22). The highest BCUT2D eigenvalue weighted by atomic mass is 79.9. The van der Waals surface area contributed by atoms with E-state index in [2.05, 4.69) is 26.6 Å². The lowest BCUT2D eigenvalue weighted by atomic mass is 10.1. The number of methoxy groups -OCH3 is 1. The average molecular weight is 405 g/mol. The van der Waals surface area contributed by atoms with Crippen LogP contribution in [0.3, 0.4) is 0 Å². The maximum atomic E-state index is 12.6. The molecule has 130 valence electrons. The minimum Gasteiger partial charge on any atom is -0.497 e. The average Bonchev–Trinajstić information content (AvgIpc) is 2.61. The predicted molar refractivity (Wildman–Crippen MR) is 97.1 cm³/mol. The molecule has 1 atom stereocenters. The van der Waals surface area contributed by atoms with Crippen LogP contribution in [0.4, 0.5) is 5.69 Å². The van der Waals surface area contributed by atoms with E-state index in [9.17, 15) is 9.59 Å². The Hall–Kier alpha value is -2.54. The van der Waals surface area contributed by atoms with Crippen molar-refractivity contribution in [2.24, 2.45) is 0 Å². The quantitative estimate of drug-likeness (QED) is 0.819. The van der Waals surface area contributed by atoms with Crippen LogP contribution in [0.25, 0.3) is 0 Å². The molecule has 0 saturated heterocycles. The van der Waals surface area contributed by atoms with Gasteiger partial charge in [0, 0.05) is 4.47 Å². The van der Waals surface area contributed by atoms with Crippen molar-refractivity contribution >= 4 is 33.4 Å². The molecule has 25 heavy (non-hydrogen) atoms. The van der Waals surface area contributed by atoms with Crippen molar-refractivity contribution in [2.45, 2.75) is 13.0 Å². The highest BCUT2D eigenvalue weighted by Gasteiger charge is 2.19. The second kappa shape index (κ2) is 7.14. The zero-order valence-corrected chi connectivity index (χ0v) is 15.3. The van der Waals surface area contributed by atoms with Gasteiger partial charge in [-0.2, -0.15) is 0 Å². The summed E-state index contributed by atoms with van der Waals surface area (Å²) < 4.78 is 11.2. The van der Waals surface area contributed by atoms with Crippen LogP contribution in [0.2, 0.25) is 0 Å². The number of ether oxygens (including phenoxy) is 2. The van der Waals surface area contributed by atoms with Crippen molar-refractivity contribution in [3.8, 4) is 11.5 Å². The number of halogens is 1. The molecule has 0 bridgehead atoms. The topological polar surface area (TPSA) is 76.7 Å². The fraction of sp³-hybridized carbons (Fsp3) is 0.222. The van der Waals surface area contributed by atoms with E-state index in [1.54, 1.807) is 37.4 Å². The normalized spacial score (nSPS) is 14.0. The molecular weight excluding hydrogens is 388 g/mol. The monoisotopic (exact) mass is 404 g/mol. The Balaban J connectivity index is 1.78. The summed E-state index contributed by atoms with van der Waals surface area (Å²) in [5, 5.41) is 5.71. The van der Waals surface area contributed by atoms with Gasteiger partial charge in [-0.25, -0.2) is 0 Å². The van der Waals surface area contributed by atoms with Gasteiger partial charge in [0.2, 0.25) is 0 Å². The number of rotatable bonds is 4. The molecule has 2 N–H and O–H groups in total. The lowest BCUT2D eigenvalue weighted by Crippen LogP contribution is -2.28.